The van der Waals surface area contributed by atoms with Crippen LogP contribution in [-0.4, -0.2) is 46.9 Å². The summed E-state index contributed by atoms with van der Waals surface area (Å²) in [6.07, 6.45) is 10.5. The number of hydrogen-bond donors (Lipinski definition) is 4. The zero-order valence-corrected chi connectivity index (χ0v) is 19.7. The molecular weight excluding hydrogens is 420 g/mol. The normalized spacial score (nSPS) is 22.0. The van der Waals surface area contributed by atoms with E-state index in [0.717, 1.165) is 25.7 Å². The second-order valence-electron chi connectivity index (χ2n) is 9.40. The van der Waals surface area contributed by atoms with Crippen LogP contribution < -0.4 is 15.8 Å². The Labute approximate surface area is 194 Å². The van der Waals surface area contributed by atoms with Crippen molar-refractivity contribution in [1.82, 2.24) is 0 Å². The van der Waals surface area contributed by atoms with E-state index in [2.05, 4.69) is 15.5 Å². The van der Waals surface area contributed by atoms with Crippen molar-refractivity contribution >= 4 is 29.2 Å². The summed E-state index contributed by atoms with van der Waals surface area (Å²) >= 11 is 0. The highest BCUT2D eigenvalue weighted by Crippen LogP contribution is 2.38. The number of ether oxygens (including phenoxy) is 1. The molecule has 0 radical (unpaired) electrons. The second-order valence-corrected chi connectivity index (χ2v) is 9.40. The molecule has 0 aromatic heterocycles. The van der Waals surface area contributed by atoms with E-state index in [9.17, 15) is 9.90 Å². The monoisotopic (exact) mass is 454 g/mol. The van der Waals surface area contributed by atoms with E-state index in [1.54, 1.807) is 43.5 Å². The van der Waals surface area contributed by atoms with Crippen molar-refractivity contribution in [3.8, 4) is 5.75 Å². The van der Waals surface area contributed by atoms with Crippen molar-refractivity contribution in [3.63, 3.8) is 0 Å². The number of nitrogens with zero attached hydrogens (tertiary/aromatic N) is 2. The SMILES string of the molecule is COc1cc(N)c(C=NC2CC(C(C)(C)O)C2)cc1NC(=O)/C(C)=C/C=C\C(=N\O)C1CC1. The van der Waals surface area contributed by atoms with Gasteiger partial charge in [0.1, 0.15) is 5.75 Å². The van der Waals surface area contributed by atoms with Crippen LogP contribution in [0.4, 0.5) is 11.4 Å². The van der Waals surface area contributed by atoms with Gasteiger partial charge in [0.25, 0.3) is 5.91 Å². The molecule has 2 aliphatic carbocycles. The maximum absolute atomic E-state index is 12.7. The van der Waals surface area contributed by atoms with Crippen LogP contribution in [0, 0.1) is 11.8 Å². The van der Waals surface area contributed by atoms with Gasteiger partial charge in [-0.15, -0.1) is 0 Å². The van der Waals surface area contributed by atoms with E-state index in [0.29, 0.717) is 39.9 Å². The van der Waals surface area contributed by atoms with Crippen LogP contribution in [-0.2, 0) is 4.79 Å². The Kier molecular flexibility index (Phi) is 7.58. The van der Waals surface area contributed by atoms with Crippen LogP contribution in [0.3, 0.4) is 0 Å². The predicted octanol–water partition coefficient (Wildman–Crippen LogP) is 3.93. The highest BCUT2D eigenvalue weighted by Gasteiger charge is 2.38. The van der Waals surface area contributed by atoms with E-state index < -0.39 is 5.60 Å². The number of nitrogen functional groups attached to an aromatic ring is 1. The molecule has 0 aliphatic heterocycles. The van der Waals surface area contributed by atoms with Gasteiger partial charge in [-0.2, -0.15) is 0 Å². The van der Waals surface area contributed by atoms with Gasteiger partial charge in [0.2, 0.25) is 0 Å². The Morgan fingerprint density at radius 3 is 2.58 bits per heavy atom. The maximum atomic E-state index is 12.7. The lowest BCUT2D eigenvalue weighted by molar-refractivity contribution is -0.112. The lowest BCUT2D eigenvalue weighted by Gasteiger charge is -2.40. The quantitative estimate of drug-likeness (QED) is 0.112. The molecule has 5 N–H and O–H groups in total. The molecule has 0 atom stereocenters. The number of amides is 1. The summed E-state index contributed by atoms with van der Waals surface area (Å²) in [6.45, 7) is 5.35. The lowest BCUT2D eigenvalue weighted by Crippen LogP contribution is -2.42. The maximum Gasteiger partial charge on any atom is 0.251 e. The van der Waals surface area contributed by atoms with E-state index in [1.165, 1.54) is 7.11 Å². The Bertz CT molecular complexity index is 994. The summed E-state index contributed by atoms with van der Waals surface area (Å²) in [5.41, 5.74) is 8.27. The summed E-state index contributed by atoms with van der Waals surface area (Å²) in [4.78, 5) is 17.3. The van der Waals surface area contributed by atoms with Gasteiger partial charge in [-0.1, -0.05) is 17.3 Å². The minimum absolute atomic E-state index is 0.154. The van der Waals surface area contributed by atoms with Crippen molar-refractivity contribution < 1.29 is 19.8 Å². The molecule has 8 nitrogen and oxygen atoms in total. The van der Waals surface area contributed by atoms with E-state index in [4.69, 9.17) is 15.7 Å². The van der Waals surface area contributed by atoms with Crippen molar-refractivity contribution in [2.75, 3.05) is 18.2 Å². The first-order valence-electron chi connectivity index (χ1n) is 11.2. The number of benzene rings is 1. The molecule has 3 rings (SSSR count). The predicted molar refractivity (Wildman–Crippen MR) is 131 cm³/mol. The molecule has 2 fully saturated rings. The standard InChI is InChI=1S/C25H34N4O4/c1-15(6-5-7-21(29-32)16-8-9-16)24(30)28-22-10-17(20(26)13-23(22)33-4)14-27-19-11-18(12-19)25(2,3)31/h5-7,10,13-14,16,18-19,31-32H,8-9,11-12,26H2,1-4H3,(H,28,30)/b7-5-,15-6+,27-14?,29-21-. The first-order valence-corrected chi connectivity index (χ1v) is 11.2. The van der Waals surface area contributed by atoms with Crippen molar-refractivity contribution in [2.24, 2.45) is 22.0 Å². The van der Waals surface area contributed by atoms with Crippen LogP contribution in [0.5, 0.6) is 5.75 Å². The summed E-state index contributed by atoms with van der Waals surface area (Å²) in [5, 5.41) is 25.3. The van der Waals surface area contributed by atoms with Gasteiger partial charge in [0.05, 0.1) is 30.2 Å². The Morgan fingerprint density at radius 1 is 1.30 bits per heavy atom. The van der Waals surface area contributed by atoms with Crippen LogP contribution in [0.2, 0.25) is 0 Å². The Balaban J connectivity index is 1.68. The molecule has 2 saturated carbocycles. The van der Waals surface area contributed by atoms with Gasteiger partial charge in [-0.3, -0.25) is 9.79 Å². The smallest absolute Gasteiger partial charge is 0.251 e. The second kappa shape index (κ2) is 10.2. The van der Waals surface area contributed by atoms with Crippen molar-refractivity contribution in [3.05, 3.63) is 41.5 Å². The summed E-state index contributed by atoms with van der Waals surface area (Å²) < 4.78 is 5.39. The Morgan fingerprint density at radius 2 is 2.00 bits per heavy atom. The highest BCUT2D eigenvalue weighted by atomic mass is 16.5. The molecule has 178 valence electrons. The van der Waals surface area contributed by atoms with Crippen molar-refractivity contribution in [2.45, 2.75) is 58.1 Å². The van der Waals surface area contributed by atoms with E-state index in [-0.39, 0.29) is 17.9 Å². The fourth-order valence-corrected chi connectivity index (χ4v) is 3.68. The van der Waals surface area contributed by atoms with Crippen LogP contribution in [0.1, 0.15) is 52.0 Å². The first kappa shape index (κ1) is 24.5. The molecule has 1 aromatic rings. The van der Waals surface area contributed by atoms with Gasteiger partial charge in [-0.05, 0) is 64.5 Å². The average molecular weight is 455 g/mol. The molecular formula is C25H34N4O4. The van der Waals surface area contributed by atoms with E-state index in [1.807, 2.05) is 13.8 Å². The van der Waals surface area contributed by atoms with Crippen LogP contribution >= 0.6 is 0 Å². The van der Waals surface area contributed by atoms with Gasteiger partial charge >= 0.3 is 0 Å². The third-order valence-electron chi connectivity index (χ3n) is 6.27. The number of nitrogens with one attached hydrogen (secondary N) is 1. The molecule has 2 aliphatic rings. The minimum Gasteiger partial charge on any atom is -0.494 e. The summed E-state index contributed by atoms with van der Waals surface area (Å²) in [5.74, 6) is 0.728. The van der Waals surface area contributed by atoms with E-state index >= 15 is 0 Å². The lowest BCUT2D eigenvalue weighted by atomic mass is 9.71. The zero-order valence-electron chi connectivity index (χ0n) is 19.7. The molecule has 0 unspecified atom stereocenters. The number of anilines is 2. The number of rotatable bonds is 9. The number of nitrogens with two attached hydrogens (primary N) is 1. The van der Waals surface area contributed by atoms with Gasteiger partial charge in [0.15, 0.2) is 0 Å². The fourth-order valence-electron chi connectivity index (χ4n) is 3.68. The van der Waals surface area contributed by atoms with Gasteiger partial charge in [0, 0.05) is 35.0 Å². The largest absolute Gasteiger partial charge is 0.494 e. The molecule has 33 heavy (non-hydrogen) atoms. The number of carbonyl (C=O) groups excluding carboxylic acids is 1. The first-order chi connectivity index (χ1) is 15.6. The number of carbonyl (C=O) groups is 1. The topological polar surface area (TPSA) is 130 Å². The molecule has 0 spiro atoms. The molecule has 1 aromatic carbocycles. The number of methoxy groups -OCH3 is 1. The van der Waals surface area contributed by atoms with Crippen LogP contribution in [0.25, 0.3) is 0 Å². The minimum atomic E-state index is -0.687. The fraction of sp³-hybridized carbons (Fsp3) is 0.480. The number of oxime groups is 1. The average Bonchev–Trinajstić information content (AvgIpc) is 3.55. The molecule has 1 amide bonds. The number of aliphatic imine (C=N–C) groups is 1. The molecule has 0 heterocycles. The highest BCUT2D eigenvalue weighted by molar-refractivity contribution is 6.05. The van der Waals surface area contributed by atoms with Crippen LogP contribution in [0.15, 0.2) is 46.1 Å². The number of hydrogen-bond acceptors (Lipinski definition) is 7. The molecule has 0 bridgehead atoms. The molecule has 0 saturated heterocycles. The van der Waals surface area contributed by atoms with Crippen molar-refractivity contribution in [1.29, 1.82) is 0 Å². The summed E-state index contributed by atoms with van der Waals surface area (Å²) in [7, 11) is 1.52. The molecule has 8 heteroatoms. The van der Waals surface area contributed by atoms with Gasteiger partial charge in [-0.25, -0.2) is 0 Å². The third-order valence-corrected chi connectivity index (χ3v) is 6.27. The Hall–Kier alpha value is -3.13. The zero-order chi connectivity index (χ0) is 24.2. The number of allylic oxidation sites excluding steroid dienone is 3. The van der Waals surface area contributed by atoms with Gasteiger partial charge < -0.3 is 26.1 Å². The third kappa shape index (κ3) is 6.44. The summed E-state index contributed by atoms with van der Waals surface area (Å²) in [6, 6.07) is 3.56. The number of aliphatic hydroxyl groups is 1.